The van der Waals surface area contributed by atoms with Gasteiger partial charge in [-0.2, -0.15) is 0 Å². The molecule has 14 heavy (non-hydrogen) atoms. The van der Waals surface area contributed by atoms with Gasteiger partial charge < -0.3 is 4.74 Å². The fourth-order valence-corrected chi connectivity index (χ4v) is 2.00. The van der Waals surface area contributed by atoms with Crippen molar-refractivity contribution in [2.45, 2.75) is 11.3 Å². The number of hydrogen-bond donors (Lipinski definition) is 0. The van der Waals surface area contributed by atoms with E-state index in [-0.39, 0.29) is 0 Å². The van der Waals surface area contributed by atoms with E-state index in [1.165, 1.54) is 16.0 Å². The van der Waals surface area contributed by atoms with Crippen molar-refractivity contribution in [1.29, 1.82) is 0 Å². The summed E-state index contributed by atoms with van der Waals surface area (Å²) in [5.74, 6) is 0. The molecule has 0 aliphatic carbocycles. The van der Waals surface area contributed by atoms with Crippen LogP contribution in [-0.2, 0) is 4.74 Å². The van der Waals surface area contributed by atoms with Crippen molar-refractivity contribution < 1.29 is 4.74 Å². The standard InChI is InChI=1S/C12H14OS/c1-14-12-4-2-10(3-5-12)11-6-8-13-9-7-11/h2-6H,7-9H2,1H3. The van der Waals surface area contributed by atoms with Crippen LogP contribution in [0.15, 0.2) is 35.2 Å². The molecule has 0 spiro atoms. The van der Waals surface area contributed by atoms with Crippen molar-refractivity contribution in [3.8, 4) is 0 Å². The quantitative estimate of drug-likeness (QED) is 0.687. The minimum Gasteiger partial charge on any atom is -0.377 e. The first-order valence-electron chi connectivity index (χ1n) is 4.81. The van der Waals surface area contributed by atoms with E-state index in [4.69, 9.17) is 4.74 Å². The highest BCUT2D eigenvalue weighted by Gasteiger charge is 2.05. The lowest BCUT2D eigenvalue weighted by Crippen LogP contribution is -2.03. The maximum absolute atomic E-state index is 5.29. The van der Waals surface area contributed by atoms with Crippen LogP contribution in [0, 0.1) is 0 Å². The summed E-state index contributed by atoms with van der Waals surface area (Å²) in [4.78, 5) is 1.32. The first-order valence-corrected chi connectivity index (χ1v) is 6.04. The molecule has 1 heterocycles. The van der Waals surface area contributed by atoms with Gasteiger partial charge in [-0.3, -0.25) is 0 Å². The smallest absolute Gasteiger partial charge is 0.0653 e. The van der Waals surface area contributed by atoms with Gasteiger partial charge in [0.1, 0.15) is 0 Å². The van der Waals surface area contributed by atoms with Crippen LogP contribution in [0.5, 0.6) is 0 Å². The lowest BCUT2D eigenvalue weighted by molar-refractivity contribution is 0.161. The Morgan fingerprint density at radius 3 is 2.57 bits per heavy atom. The largest absolute Gasteiger partial charge is 0.377 e. The highest BCUT2D eigenvalue weighted by Crippen LogP contribution is 2.23. The lowest BCUT2D eigenvalue weighted by atomic mass is 10.0. The molecule has 0 N–H and O–H groups in total. The fraction of sp³-hybridized carbons (Fsp3) is 0.333. The third-order valence-electron chi connectivity index (χ3n) is 2.42. The zero-order chi connectivity index (χ0) is 9.80. The zero-order valence-electron chi connectivity index (χ0n) is 8.32. The fourth-order valence-electron chi connectivity index (χ4n) is 1.59. The van der Waals surface area contributed by atoms with E-state index in [0.717, 1.165) is 19.6 Å². The number of hydrogen-bond acceptors (Lipinski definition) is 2. The molecular weight excluding hydrogens is 192 g/mol. The summed E-state index contributed by atoms with van der Waals surface area (Å²) in [6.45, 7) is 1.62. The molecule has 74 valence electrons. The van der Waals surface area contributed by atoms with Crippen LogP contribution in [0.1, 0.15) is 12.0 Å². The van der Waals surface area contributed by atoms with Gasteiger partial charge in [0.05, 0.1) is 13.2 Å². The Labute approximate surface area is 89.2 Å². The Balaban J connectivity index is 2.19. The van der Waals surface area contributed by atoms with Gasteiger partial charge in [0.2, 0.25) is 0 Å². The summed E-state index contributed by atoms with van der Waals surface area (Å²) in [7, 11) is 0. The van der Waals surface area contributed by atoms with Gasteiger partial charge in [-0.05, 0) is 35.9 Å². The third kappa shape index (κ3) is 2.20. The van der Waals surface area contributed by atoms with Crippen molar-refractivity contribution in [2.75, 3.05) is 19.5 Å². The molecule has 1 aromatic rings. The van der Waals surface area contributed by atoms with Gasteiger partial charge in [0.15, 0.2) is 0 Å². The maximum Gasteiger partial charge on any atom is 0.0653 e. The predicted octanol–water partition coefficient (Wildman–Crippen LogP) is 3.21. The number of rotatable bonds is 2. The summed E-state index contributed by atoms with van der Waals surface area (Å²) in [5.41, 5.74) is 2.76. The van der Waals surface area contributed by atoms with E-state index >= 15 is 0 Å². The normalized spacial score (nSPS) is 16.5. The van der Waals surface area contributed by atoms with Crippen molar-refractivity contribution in [3.05, 3.63) is 35.9 Å². The van der Waals surface area contributed by atoms with Crippen molar-refractivity contribution in [1.82, 2.24) is 0 Å². The van der Waals surface area contributed by atoms with Gasteiger partial charge >= 0.3 is 0 Å². The molecule has 0 radical (unpaired) electrons. The molecule has 0 aromatic heterocycles. The Morgan fingerprint density at radius 2 is 2.00 bits per heavy atom. The summed E-state index contributed by atoms with van der Waals surface area (Å²) < 4.78 is 5.29. The van der Waals surface area contributed by atoms with Crippen LogP contribution in [0.4, 0.5) is 0 Å². The Bertz CT molecular complexity index is 327. The van der Waals surface area contributed by atoms with Crippen LogP contribution in [0.2, 0.25) is 0 Å². The van der Waals surface area contributed by atoms with Gasteiger partial charge in [-0.15, -0.1) is 11.8 Å². The second-order valence-corrected chi connectivity index (χ2v) is 4.16. The molecule has 1 aliphatic heterocycles. The second-order valence-electron chi connectivity index (χ2n) is 3.28. The Morgan fingerprint density at radius 1 is 1.21 bits per heavy atom. The minimum atomic E-state index is 0.764. The van der Waals surface area contributed by atoms with E-state index < -0.39 is 0 Å². The van der Waals surface area contributed by atoms with Crippen molar-refractivity contribution >= 4 is 17.3 Å². The third-order valence-corrected chi connectivity index (χ3v) is 3.17. The second kappa shape index (κ2) is 4.67. The van der Waals surface area contributed by atoms with E-state index in [9.17, 15) is 0 Å². The molecule has 2 heteroatoms. The number of thioether (sulfide) groups is 1. The highest BCUT2D eigenvalue weighted by molar-refractivity contribution is 7.98. The Hall–Kier alpha value is -0.730. The predicted molar refractivity (Wildman–Crippen MR) is 61.6 cm³/mol. The molecule has 0 unspecified atom stereocenters. The number of benzene rings is 1. The molecule has 0 saturated carbocycles. The molecule has 2 rings (SSSR count). The first kappa shape index (κ1) is 9.81. The minimum absolute atomic E-state index is 0.764. The van der Waals surface area contributed by atoms with Crippen molar-refractivity contribution in [3.63, 3.8) is 0 Å². The van der Waals surface area contributed by atoms with Gasteiger partial charge in [-0.25, -0.2) is 0 Å². The summed E-state index contributed by atoms with van der Waals surface area (Å²) in [6, 6.07) is 8.75. The molecule has 0 amide bonds. The summed E-state index contributed by atoms with van der Waals surface area (Å²) in [5, 5.41) is 0. The van der Waals surface area contributed by atoms with Crippen LogP contribution < -0.4 is 0 Å². The summed E-state index contributed by atoms with van der Waals surface area (Å²) >= 11 is 1.78. The maximum atomic E-state index is 5.29. The molecule has 1 aromatic carbocycles. The topological polar surface area (TPSA) is 9.23 Å². The summed E-state index contributed by atoms with van der Waals surface area (Å²) in [6.07, 6.45) is 5.32. The van der Waals surface area contributed by atoms with Gasteiger partial charge in [0.25, 0.3) is 0 Å². The SMILES string of the molecule is CSc1ccc(C2=CCOCC2)cc1. The van der Waals surface area contributed by atoms with Crippen LogP contribution in [-0.4, -0.2) is 19.5 Å². The lowest BCUT2D eigenvalue weighted by Gasteiger charge is -2.13. The molecule has 0 fully saturated rings. The van der Waals surface area contributed by atoms with Crippen LogP contribution in [0.25, 0.3) is 5.57 Å². The monoisotopic (exact) mass is 206 g/mol. The van der Waals surface area contributed by atoms with Gasteiger partial charge in [0, 0.05) is 4.90 Å². The van der Waals surface area contributed by atoms with E-state index in [1.54, 1.807) is 11.8 Å². The number of ether oxygens (including phenoxy) is 1. The van der Waals surface area contributed by atoms with Crippen molar-refractivity contribution in [2.24, 2.45) is 0 Å². The van der Waals surface area contributed by atoms with E-state index in [1.807, 2.05) is 0 Å². The van der Waals surface area contributed by atoms with E-state index in [2.05, 4.69) is 36.6 Å². The Kier molecular flexibility index (Phi) is 3.27. The molecule has 1 nitrogen and oxygen atoms in total. The van der Waals surface area contributed by atoms with Gasteiger partial charge in [-0.1, -0.05) is 18.2 Å². The highest BCUT2D eigenvalue weighted by atomic mass is 32.2. The molecule has 0 atom stereocenters. The average molecular weight is 206 g/mol. The molecule has 1 aliphatic rings. The molecular formula is C12H14OS. The van der Waals surface area contributed by atoms with E-state index in [0.29, 0.717) is 0 Å². The first-order chi connectivity index (χ1) is 6.90. The molecule has 0 saturated heterocycles. The molecule has 0 bridgehead atoms. The van der Waals surface area contributed by atoms with Crippen LogP contribution >= 0.6 is 11.8 Å². The zero-order valence-corrected chi connectivity index (χ0v) is 9.14. The van der Waals surface area contributed by atoms with Crippen LogP contribution in [0.3, 0.4) is 0 Å². The average Bonchev–Trinajstić information content (AvgIpc) is 2.30.